The topological polar surface area (TPSA) is 102 Å². The van der Waals surface area contributed by atoms with Crippen LogP contribution >= 0.6 is 0 Å². The molecule has 2 aromatic rings. The van der Waals surface area contributed by atoms with Crippen LogP contribution in [-0.2, 0) is 11.2 Å². The van der Waals surface area contributed by atoms with Gasteiger partial charge in [-0.25, -0.2) is 9.48 Å². The van der Waals surface area contributed by atoms with Crippen LogP contribution in [0.4, 0.5) is 4.79 Å². The molecule has 4 N–H and O–H groups in total. The van der Waals surface area contributed by atoms with Crippen LogP contribution in [0.5, 0.6) is 0 Å². The molecule has 0 spiro atoms. The van der Waals surface area contributed by atoms with Crippen LogP contribution in [-0.4, -0.2) is 34.3 Å². The first-order chi connectivity index (χ1) is 10.6. The summed E-state index contributed by atoms with van der Waals surface area (Å²) in [6, 6.07) is 8.45. The highest BCUT2D eigenvalue weighted by molar-refractivity contribution is 5.86. The smallest absolute Gasteiger partial charge is 0.312 e. The lowest BCUT2D eigenvalue weighted by molar-refractivity contribution is -0.122. The molecule has 2 rings (SSSR count). The lowest BCUT2D eigenvalue weighted by atomic mass is 10.1. The second-order valence-electron chi connectivity index (χ2n) is 4.89. The minimum Gasteiger partial charge on any atom is -0.354 e. The molecule has 0 radical (unpaired) electrons. The number of aromatic nitrogens is 2. The molecule has 0 unspecified atom stereocenters. The fourth-order valence-electron chi connectivity index (χ4n) is 2.00. The van der Waals surface area contributed by atoms with Crippen LogP contribution < -0.4 is 16.4 Å². The van der Waals surface area contributed by atoms with Crippen molar-refractivity contribution >= 4 is 11.9 Å². The summed E-state index contributed by atoms with van der Waals surface area (Å²) < 4.78 is 1.78. The van der Waals surface area contributed by atoms with E-state index < -0.39 is 12.1 Å². The largest absolute Gasteiger partial charge is 0.354 e. The quantitative estimate of drug-likeness (QED) is 0.727. The summed E-state index contributed by atoms with van der Waals surface area (Å²) in [5.74, 6) is -0.257. The molecule has 7 nitrogen and oxygen atoms in total. The van der Waals surface area contributed by atoms with Crippen molar-refractivity contribution in [2.75, 3.05) is 6.54 Å². The number of nitrogens with one attached hydrogen (secondary N) is 2. The first kappa shape index (κ1) is 15.6. The summed E-state index contributed by atoms with van der Waals surface area (Å²) in [5.41, 5.74) is 7.05. The Hall–Kier alpha value is -2.83. The average molecular weight is 301 g/mol. The van der Waals surface area contributed by atoms with Gasteiger partial charge >= 0.3 is 6.03 Å². The molecule has 1 atom stereocenters. The molecule has 0 saturated heterocycles. The van der Waals surface area contributed by atoms with Gasteiger partial charge in [-0.2, -0.15) is 5.10 Å². The van der Waals surface area contributed by atoms with E-state index >= 15 is 0 Å². The van der Waals surface area contributed by atoms with E-state index in [1.807, 2.05) is 36.5 Å². The van der Waals surface area contributed by atoms with Crippen LogP contribution in [0.15, 0.2) is 42.7 Å². The molecule has 0 aliphatic rings. The van der Waals surface area contributed by atoms with Gasteiger partial charge in [-0.3, -0.25) is 4.79 Å². The number of urea groups is 1. The van der Waals surface area contributed by atoms with Gasteiger partial charge in [0, 0.05) is 18.9 Å². The second-order valence-corrected chi connectivity index (χ2v) is 4.89. The van der Waals surface area contributed by atoms with Crippen molar-refractivity contribution in [2.24, 2.45) is 5.73 Å². The van der Waals surface area contributed by atoms with Crippen LogP contribution in [0.25, 0.3) is 5.69 Å². The van der Waals surface area contributed by atoms with Crippen molar-refractivity contribution < 1.29 is 9.59 Å². The molecule has 0 saturated carbocycles. The van der Waals surface area contributed by atoms with E-state index in [4.69, 9.17) is 5.73 Å². The lowest BCUT2D eigenvalue weighted by Crippen LogP contribution is -2.47. The minimum atomic E-state index is -0.711. The normalized spacial score (nSPS) is 11.7. The summed E-state index contributed by atoms with van der Waals surface area (Å²) in [5, 5.41) is 9.24. The van der Waals surface area contributed by atoms with E-state index in [0.717, 1.165) is 11.3 Å². The van der Waals surface area contributed by atoms with Gasteiger partial charge in [-0.05, 0) is 37.1 Å². The molecular formula is C15H19N5O2. The molecule has 22 heavy (non-hydrogen) atoms. The number of amides is 3. The molecule has 1 aromatic heterocycles. The molecule has 1 heterocycles. The van der Waals surface area contributed by atoms with E-state index in [1.165, 1.54) is 0 Å². The van der Waals surface area contributed by atoms with Crippen molar-refractivity contribution in [1.29, 1.82) is 0 Å². The van der Waals surface area contributed by atoms with Crippen LogP contribution in [0.1, 0.15) is 12.5 Å². The Morgan fingerprint density at radius 1 is 1.32 bits per heavy atom. The van der Waals surface area contributed by atoms with E-state index in [1.54, 1.807) is 17.8 Å². The number of carbonyl (C=O) groups is 2. The van der Waals surface area contributed by atoms with Gasteiger partial charge in [0.15, 0.2) is 0 Å². The molecule has 3 amide bonds. The Balaban J connectivity index is 1.80. The molecule has 0 aliphatic heterocycles. The summed E-state index contributed by atoms with van der Waals surface area (Å²) in [7, 11) is 0. The Labute approximate surface area is 128 Å². The van der Waals surface area contributed by atoms with Gasteiger partial charge in [0.2, 0.25) is 5.91 Å². The maximum Gasteiger partial charge on any atom is 0.312 e. The van der Waals surface area contributed by atoms with Crippen LogP contribution in [0.3, 0.4) is 0 Å². The highest BCUT2D eigenvalue weighted by Crippen LogP contribution is 2.08. The van der Waals surface area contributed by atoms with E-state index in [2.05, 4.69) is 15.7 Å². The summed E-state index contributed by atoms with van der Waals surface area (Å²) >= 11 is 0. The molecule has 0 fully saturated rings. The number of carbonyl (C=O) groups excluding carboxylic acids is 2. The fourth-order valence-corrected chi connectivity index (χ4v) is 2.00. The maximum absolute atomic E-state index is 11.7. The molecule has 0 bridgehead atoms. The SMILES string of the molecule is C[C@H](NC(N)=O)C(=O)NCCc1ccc(-n2cccn2)cc1. The third-order valence-electron chi connectivity index (χ3n) is 3.17. The van der Waals surface area contributed by atoms with Crippen molar-refractivity contribution in [3.05, 3.63) is 48.3 Å². The van der Waals surface area contributed by atoms with Gasteiger partial charge in [0.05, 0.1) is 5.69 Å². The number of primary amides is 1. The van der Waals surface area contributed by atoms with Crippen molar-refractivity contribution in [2.45, 2.75) is 19.4 Å². The number of hydrogen-bond acceptors (Lipinski definition) is 3. The van der Waals surface area contributed by atoms with E-state index in [0.29, 0.717) is 13.0 Å². The summed E-state index contributed by atoms with van der Waals surface area (Å²) in [6.07, 6.45) is 4.31. The van der Waals surface area contributed by atoms with Crippen LogP contribution in [0.2, 0.25) is 0 Å². The Bertz CT molecular complexity index is 622. The van der Waals surface area contributed by atoms with Gasteiger partial charge in [-0.1, -0.05) is 12.1 Å². The van der Waals surface area contributed by atoms with Gasteiger partial charge in [0.25, 0.3) is 0 Å². The molecule has 116 valence electrons. The fraction of sp³-hybridized carbons (Fsp3) is 0.267. The minimum absolute atomic E-state index is 0.257. The predicted molar refractivity (Wildman–Crippen MR) is 82.5 cm³/mol. The van der Waals surface area contributed by atoms with Gasteiger partial charge in [0.1, 0.15) is 6.04 Å². The first-order valence-electron chi connectivity index (χ1n) is 6.99. The first-order valence-corrected chi connectivity index (χ1v) is 6.99. The van der Waals surface area contributed by atoms with E-state index in [9.17, 15) is 9.59 Å². The Kier molecular flexibility index (Phi) is 5.13. The van der Waals surface area contributed by atoms with E-state index in [-0.39, 0.29) is 5.91 Å². The zero-order chi connectivity index (χ0) is 15.9. The molecular weight excluding hydrogens is 282 g/mol. The molecule has 0 aliphatic carbocycles. The highest BCUT2D eigenvalue weighted by atomic mass is 16.2. The number of nitrogens with zero attached hydrogens (tertiary/aromatic N) is 2. The summed E-state index contributed by atoms with van der Waals surface area (Å²) in [4.78, 5) is 22.3. The number of nitrogens with two attached hydrogens (primary N) is 1. The molecule has 7 heteroatoms. The number of rotatable bonds is 6. The van der Waals surface area contributed by atoms with Crippen molar-refractivity contribution in [3.8, 4) is 5.69 Å². The van der Waals surface area contributed by atoms with Gasteiger partial charge in [-0.15, -0.1) is 0 Å². The predicted octanol–water partition coefficient (Wildman–Crippen LogP) is 0.588. The maximum atomic E-state index is 11.7. The Morgan fingerprint density at radius 3 is 2.64 bits per heavy atom. The second kappa shape index (κ2) is 7.26. The standard InChI is InChI=1S/C15H19N5O2/c1-11(19-15(16)22)14(21)17-9-7-12-3-5-13(6-4-12)20-10-2-8-18-20/h2-6,8,10-11H,7,9H2,1H3,(H,17,21)(H3,16,19,22)/t11-/m0/s1. The zero-order valence-corrected chi connectivity index (χ0v) is 12.3. The number of hydrogen-bond donors (Lipinski definition) is 3. The van der Waals surface area contributed by atoms with Crippen LogP contribution in [0, 0.1) is 0 Å². The zero-order valence-electron chi connectivity index (χ0n) is 12.3. The lowest BCUT2D eigenvalue weighted by Gasteiger charge is -2.12. The van der Waals surface area contributed by atoms with Crippen molar-refractivity contribution in [1.82, 2.24) is 20.4 Å². The average Bonchev–Trinajstić information content (AvgIpc) is 3.01. The molecule has 1 aromatic carbocycles. The summed E-state index contributed by atoms with van der Waals surface area (Å²) in [6.45, 7) is 2.07. The van der Waals surface area contributed by atoms with Gasteiger partial charge < -0.3 is 16.4 Å². The number of benzene rings is 1. The third-order valence-corrected chi connectivity index (χ3v) is 3.17. The third kappa shape index (κ3) is 4.34. The monoisotopic (exact) mass is 301 g/mol. The highest BCUT2D eigenvalue weighted by Gasteiger charge is 2.12. The Morgan fingerprint density at radius 2 is 2.05 bits per heavy atom. The van der Waals surface area contributed by atoms with Crippen molar-refractivity contribution in [3.63, 3.8) is 0 Å².